The molecule has 0 amide bonds. The van der Waals surface area contributed by atoms with Gasteiger partial charge in [0.05, 0.1) is 12.0 Å². The van der Waals surface area contributed by atoms with Crippen LogP contribution in [0, 0.1) is 6.92 Å². The fourth-order valence-corrected chi connectivity index (χ4v) is 3.12. The molecule has 0 bridgehead atoms. The molecule has 0 aromatic carbocycles. The van der Waals surface area contributed by atoms with Crippen molar-refractivity contribution >= 4 is 39.0 Å². The molecule has 2 aromatic heterocycles. The zero-order valence-electron chi connectivity index (χ0n) is 11.2. The van der Waals surface area contributed by atoms with Crippen LogP contribution in [0.2, 0.25) is 5.28 Å². The van der Waals surface area contributed by atoms with Crippen LogP contribution < -0.4 is 4.90 Å². The second-order valence-corrected chi connectivity index (χ2v) is 6.03. The Hall–Kier alpha value is -0.910. The maximum absolute atomic E-state index is 9.23. The van der Waals surface area contributed by atoms with Gasteiger partial charge in [-0.3, -0.25) is 0 Å². The predicted molar refractivity (Wildman–Crippen MR) is 81.4 cm³/mol. The highest BCUT2D eigenvalue weighted by Crippen LogP contribution is 2.31. The minimum atomic E-state index is 0.107. The van der Waals surface area contributed by atoms with Crippen molar-refractivity contribution in [1.29, 1.82) is 0 Å². The third-order valence-corrected chi connectivity index (χ3v) is 4.03. The van der Waals surface area contributed by atoms with Gasteiger partial charge in [-0.15, -0.1) is 11.3 Å². The molecule has 2 aromatic rings. The zero-order valence-corrected chi connectivity index (χ0v) is 12.8. The van der Waals surface area contributed by atoms with Crippen LogP contribution in [0.25, 0.3) is 10.2 Å². The van der Waals surface area contributed by atoms with Gasteiger partial charge in [0.25, 0.3) is 0 Å². The lowest BCUT2D eigenvalue weighted by Gasteiger charge is -2.23. The molecule has 2 heterocycles. The Kier molecular flexibility index (Phi) is 4.96. The lowest BCUT2D eigenvalue weighted by molar-refractivity contribution is 0.301. The molecule has 4 nitrogen and oxygen atoms in total. The van der Waals surface area contributed by atoms with Crippen LogP contribution in [-0.4, -0.2) is 34.8 Å². The van der Waals surface area contributed by atoms with Gasteiger partial charge < -0.3 is 10.0 Å². The van der Waals surface area contributed by atoms with Gasteiger partial charge in [-0.2, -0.15) is 4.98 Å². The number of unbranched alkanes of at least 4 members (excludes halogenated alkanes) is 1. The highest BCUT2D eigenvalue weighted by atomic mass is 35.5. The lowest BCUT2D eigenvalue weighted by Crippen LogP contribution is -2.28. The highest BCUT2D eigenvalue weighted by Gasteiger charge is 2.15. The monoisotopic (exact) mass is 299 g/mol. The van der Waals surface area contributed by atoms with Crippen molar-refractivity contribution in [3.05, 3.63) is 16.2 Å². The fraction of sp³-hybridized carbons (Fsp3) is 0.538. The Morgan fingerprint density at radius 2 is 2.16 bits per heavy atom. The van der Waals surface area contributed by atoms with Crippen molar-refractivity contribution in [2.24, 2.45) is 0 Å². The van der Waals surface area contributed by atoms with Crippen molar-refractivity contribution in [1.82, 2.24) is 9.97 Å². The van der Waals surface area contributed by atoms with E-state index in [9.17, 15) is 5.11 Å². The van der Waals surface area contributed by atoms with Gasteiger partial charge in [-0.25, -0.2) is 4.98 Å². The number of hydrogen-bond donors (Lipinski definition) is 1. The first kappa shape index (κ1) is 14.5. The molecule has 0 atom stereocenters. The number of anilines is 1. The molecule has 2 rings (SSSR count). The number of nitrogens with zero attached hydrogens (tertiary/aromatic N) is 3. The van der Waals surface area contributed by atoms with Crippen molar-refractivity contribution in [3.8, 4) is 0 Å². The van der Waals surface area contributed by atoms with Crippen LogP contribution >= 0.6 is 22.9 Å². The van der Waals surface area contributed by atoms with Crippen molar-refractivity contribution in [3.63, 3.8) is 0 Å². The Morgan fingerprint density at radius 1 is 1.37 bits per heavy atom. The zero-order chi connectivity index (χ0) is 13.8. The van der Waals surface area contributed by atoms with Gasteiger partial charge in [0, 0.05) is 18.0 Å². The van der Waals surface area contributed by atoms with Crippen LogP contribution in [0.4, 0.5) is 5.82 Å². The van der Waals surface area contributed by atoms with E-state index in [4.69, 9.17) is 11.6 Å². The Morgan fingerprint density at radius 3 is 2.84 bits per heavy atom. The number of aromatic nitrogens is 2. The molecule has 0 unspecified atom stereocenters. The summed E-state index contributed by atoms with van der Waals surface area (Å²) in [6.07, 6.45) is 2.17. The van der Waals surface area contributed by atoms with E-state index in [0.717, 1.165) is 35.4 Å². The Bertz CT molecular complexity index is 558. The van der Waals surface area contributed by atoms with Crippen LogP contribution in [0.5, 0.6) is 0 Å². The maximum Gasteiger partial charge on any atom is 0.225 e. The number of hydrogen-bond acceptors (Lipinski definition) is 5. The molecule has 0 aliphatic heterocycles. The van der Waals surface area contributed by atoms with Crippen LogP contribution in [0.1, 0.15) is 24.6 Å². The minimum absolute atomic E-state index is 0.107. The van der Waals surface area contributed by atoms with E-state index >= 15 is 0 Å². The molecular formula is C13H18ClN3OS. The first-order valence-electron chi connectivity index (χ1n) is 6.45. The van der Waals surface area contributed by atoms with Gasteiger partial charge in [-0.1, -0.05) is 13.3 Å². The Labute approximate surface area is 122 Å². The third-order valence-electron chi connectivity index (χ3n) is 2.92. The molecule has 0 aliphatic carbocycles. The van der Waals surface area contributed by atoms with Gasteiger partial charge in [-0.05, 0) is 31.0 Å². The highest BCUT2D eigenvalue weighted by molar-refractivity contribution is 7.18. The first-order chi connectivity index (χ1) is 9.15. The molecule has 0 aliphatic rings. The summed E-state index contributed by atoms with van der Waals surface area (Å²) in [6.45, 7) is 5.74. The number of aryl methyl sites for hydroxylation is 1. The van der Waals surface area contributed by atoms with Crippen molar-refractivity contribution < 1.29 is 5.11 Å². The predicted octanol–water partition coefficient (Wildman–Crippen LogP) is 3.25. The van der Waals surface area contributed by atoms with Gasteiger partial charge in [0.1, 0.15) is 10.6 Å². The van der Waals surface area contributed by atoms with E-state index in [2.05, 4.69) is 27.9 Å². The minimum Gasteiger partial charge on any atom is -0.395 e. The van der Waals surface area contributed by atoms with Crippen LogP contribution in [0.15, 0.2) is 6.07 Å². The smallest absolute Gasteiger partial charge is 0.225 e. The van der Waals surface area contributed by atoms with Crippen molar-refractivity contribution in [2.75, 3.05) is 24.6 Å². The average molecular weight is 300 g/mol. The number of fused-ring (bicyclic) bond motifs is 1. The molecule has 0 radical (unpaired) electrons. The van der Waals surface area contributed by atoms with Crippen molar-refractivity contribution in [2.45, 2.75) is 26.7 Å². The van der Waals surface area contributed by atoms with E-state index in [1.807, 2.05) is 6.92 Å². The molecule has 0 saturated heterocycles. The van der Waals surface area contributed by atoms with Crippen LogP contribution in [0.3, 0.4) is 0 Å². The number of aliphatic hydroxyl groups excluding tert-OH is 1. The molecule has 0 spiro atoms. The van der Waals surface area contributed by atoms with E-state index in [1.165, 1.54) is 4.88 Å². The lowest BCUT2D eigenvalue weighted by atomic mass is 10.2. The number of thiophene rings is 1. The summed E-state index contributed by atoms with van der Waals surface area (Å²) in [5.74, 6) is 0.835. The summed E-state index contributed by atoms with van der Waals surface area (Å²) in [5.41, 5.74) is 0. The molecule has 1 N–H and O–H groups in total. The standard InChI is InChI=1S/C13H18ClN3OS/c1-3-4-5-17(6-7-18)11-10-8-9(2)19-12(10)16-13(14)15-11/h8,18H,3-7H2,1-2H3. The summed E-state index contributed by atoms with van der Waals surface area (Å²) in [6, 6.07) is 2.09. The summed E-state index contributed by atoms with van der Waals surface area (Å²) in [4.78, 5) is 12.8. The molecular weight excluding hydrogens is 282 g/mol. The molecule has 0 fully saturated rings. The number of halogens is 1. The summed E-state index contributed by atoms with van der Waals surface area (Å²) in [7, 11) is 0. The van der Waals surface area contributed by atoms with E-state index < -0.39 is 0 Å². The second-order valence-electron chi connectivity index (χ2n) is 4.46. The molecule has 104 valence electrons. The normalized spacial score (nSPS) is 11.2. The Balaban J connectivity index is 2.44. The van der Waals surface area contributed by atoms with Gasteiger partial charge in [0.2, 0.25) is 5.28 Å². The summed E-state index contributed by atoms with van der Waals surface area (Å²) < 4.78 is 0. The molecule has 19 heavy (non-hydrogen) atoms. The summed E-state index contributed by atoms with van der Waals surface area (Å²) in [5, 5.41) is 10.5. The molecule has 6 heteroatoms. The number of aliphatic hydroxyl groups is 1. The van der Waals surface area contributed by atoms with E-state index in [1.54, 1.807) is 11.3 Å². The van der Waals surface area contributed by atoms with Gasteiger partial charge in [0.15, 0.2) is 0 Å². The maximum atomic E-state index is 9.23. The first-order valence-corrected chi connectivity index (χ1v) is 7.64. The number of rotatable bonds is 6. The van der Waals surface area contributed by atoms with E-state index in [-0.39, 0.29) is 11.9 Å². The topological polar surface area (TPSA) is 49.2 Å². The SMILES string of the molecule is CCCCN(CCO)c1nc(Cl)nc2sc(C)cc12. The van der Waals surface area contributed by atoms with E-state index in [0.29, 0.717) is 6.54 Å². The third kappa shape index (κ3) is 3.35. The summed E-state index contributed by atoms with van der Waals surface area (Å²) >= 11 is 7.62. The largest absolute Gasteiger partial charge is 0.395 e. The van der Waals surface area contributed by atoms with Crippen LogP contribution in [-0.2, 0) is 0 Å². The fourth-order valence-electron chi connectivity index (χ4n) is 2.04. The quantitative estimate of drug-likeness (QED) is 0.832. The molecule has 0 saturated carbocycles. The van der Waals surface area contributed by atoms with Gasteiger partial charge >= 0.3 is 0 Å². The second kappa shape index (κ2) is 6.50. The average Bonchev–Trinajstić information content (AvgIpc) is 2.73.